The van der Waals surface area contributed by atoms with Gasteiger partial charge in [0.05, 0.1) is 5.69 Å². The molecule has 0 aliphatic rings. The fourth-order valence-corrected chi connectivity index (χ4v) is 0.808. The quantitative estimate of drug-likeness (QED) is 0.611. The number of hydrogen-bond acceptors (Lipinski definition) is 2. The van der Waals surface area contributed by atoms with E-state index in [9.17, 15) is 17.6 Å². The summed E-state index contributed by atoms with van der Waals surface area (Å²) < 4.78 is 53.1. The summed E-state index contributed by atoms with van der Waals surface area (Å²) in [7, 11) is 0. The smallest absolute Gasteiger partial charge is 0.272 e. The highest BCUT2D eigenvalue weighted by Crippen LogP contribution is 2.23. The van der Waals surface area contributed by atoms with Crippen LogP contribution in [-0.2, 0) is 0 Å². The lowest BCUT2D eigenvalue weighted by Crippen LogP contribution is -2.08. The first-order valence-electron chi connectivity index (χ1n) is 3.66. The van der Waals surface area contributed by atoms with Crippen LogP contribution in [0.1, 0.15) is 0 Å². The maximum atomic E-state index is 12.8. The van der Waals surface area contributed by atoms with Crippen molar-refractivity contribution in [2.75, 3.05) is 12.3 Å². The summed E-state index contributed by atoms with van der Waals surface area (Å²) in [6.45, 7) is -0.956. The van der Waals surface area contributed by atoms with Gasteiger partial charge in [0.1, 0.15) is 12.4 Å². The lowest BCUT2D eigenvalue weighted by molar-refractivity contribution is 0.0799. The SMILES string of the molecule is Nc1cc(OCC(F)F)c(F)cc1F. The minimum Gasteiger partial charge on any atom is -0.484 e. The first-order chi connectivity index (χ1) is 6.50. The van der Waals surface area contributed by atoms with Crippen molar-refractivity contribution in [1.82, 2.24) is 0 Å². The van der Waals surface area contributed by atoms with Gasteiger partial charge in [-0.1, -0.05) is 0 Å². The van der Waals surface area contributed by atoms with Crippen molar-refractivity contribution in [3.8, 4) is 5.75 Å². The Balaban J connectivity index is 2.82. The van der Waals surface area contributed by atoms with Crippen molar-refractivity contribution in [2.24, 2.45) is 0 Å². The first-order valence-corrected chi connectivity index (χ1v) is 3.66. The van der Waals surface area contributed by atoms with Gasteiger partial charge in [0.15, 0.2) is 11.6 Å². The van der Waals surface area contributed by atoms with E-state index in [0.29, 0.717) is 6.07 Å². The Morgan fingerprint density at radius 2 is 1.86 bits per heavy atom. The zero-order valence-corrected chi connectivity index (χ0v) is 6.94. The van der Waals surface area contributed by atoms with E-state index < -0.39 is 30.4 Å². The second-order valence-electron chi connectivity index (χ2n) is 2.51. The van der Waals surface area contributed by atoms with E-state index in [1.54, 1.807) is 0 Å². The molecule has 6 heteroatoms. The molecule has 1 rings (SSSR count). The predicted octanol–water partition coefficient (Wildman–Crippen LogP) is 2.19. The van der Waals surface area contributed by atoms with Gasteiger partial charge >= 0.3 is 0 Å². The number of nitrogen functional groups attached to an aromatic ring is 1. The van der Waals surface area contributed by atoms with Gasteiger partial charge in [-0.3, -0.25) is 0 Å². The van der Waals surface area contributed by atoms with Crippen LogP contribution in [0.15, 0.2) is 12.1 Å². The van der Waals surface area contributed by atoms with E-state index in [1.165, 1.54) is 0 Å². The van der Waals surface area contributed by atoms with Gasteiger partial charge in [0.25, 0.3) is 6.43 Å². The molecular formula is C8H7F4NO. The van der Waals surface area contributed by atoms with E-state index in [0.717, 1.165) is 6.07 Å². The molecule has 0 bridgehead atoms. The Bertz CT molecular complexity index is 329. The van der Waals surface area contributed by atoms with Gasteiger partial charge in [-0.05, 0) is 0 Å². The van der Waals surface area contributed by atoms with Crippen molar-refractivity contribution in [1.29, 1.82) is 0 Å². The Kier molecular flexibility index (Phi) is 3.16. The molecule has 0 saturated carbocycles. The summed E-state index contributed by atoms with van der Waals surface area (Å²) in [5, 5.41) is 0. The van der Waals surface area contributed by atoms with Crippen LogP contribution in [0.2, 0.25) is 0 Å². The fourth-order valence-electron chi connectivity index (χ4n) is 0.808. The van der Waals surface area contributed by atoms with Gasteiger partial charge in [-0.15, -0.1) is 0 Å². The van der Waals surface area contributed by atoms with Crippen LogP contribution >= 0.6 is 0 Å². The molecule has 0 saturated heterocycles. The first kappa shape index (κ1) is 10.6. The maximum Gasteiger partial charge on any atom is 0.272 e. The van der Waals surface area contributed by atoms with Crippen molar-refractivity contribution < 1.29 is 22.3 Å². The molecule has 0 radical (unpaired) electrons. The topological polar surface area (TPSA) is 35.2 Å². The van der Waals surface area contributed by atoms with Crippen LogP contribution in [0.3, 0.4) is 0 Å². The number of ether oxygens (including phenoxy) is 1. The van der Waals surface area contributed by atoms with Crippen molar-refractivity contribution in [2.45, 2.75) is 6.43 Å². The van der Waals surface area contributed by atoms with Crippen LogP contribution in [-0.4, -0.2) is 13.0 Å². The number of nitrogens with two attached hydrogens (primary N) is 1. The minimum absolute atomic E-state index is 0.351. The maximum absolute atomic E-state index is 12.8. The number of alkyl halides is 2. The van der Waals surface area contributed by atoms with Gasteiger partial charge in [-0.25, -0.2) is 17.6 Å². The molecule has 0 atom stereocenters. The lowest BCUT2D eigenvalue weighted by Gasteiger charge is -2.07. The molecule has 0 unspecified atom stereocenters. The summed E-state index contributed by atoms with van der Waals surface area (Å²) in [5.74, 6) is -2.49. The van der Waals surface area contributed by atoms with Crippen molar-refractivity contribution >= 4 is 5.69 Å². The largest absolute Gasteiger partial charge is 0.484 e. The third kappa shape index (κ3) is 2.51. The summed E-state index contributed by atoms with van der Waals surface area (Å²) in [6, 6.07) is 1.31. The van der Waals surface area contributed by atoms with Crippen molar-refractivity contribution in [3.63, 3.8) is 0 Å². The molecule has 2 N–H and O–H groups in total. The number of anilines is 1. The van der Waals surface area contributed by atoms with Crippen LogP contribution in [0.5, 0.6) is 5.75 Å². The molecule has 1 aromatic carbocycles. The van der Waals surface area contributed by atoms with Crippen LogP contribution in [0, 0.1) is 11.6 Å². The average molecular weight is 209 g/mol. The highest BCUT2D eigenvalue weighted by Gasteiger charge is 2.11. The molecule has 0 aliphatic carbocycles. The molecule has 14 heavy (non-hydrogen) atoms. The average Bonchev–Trinajstić information content (AvgIpc) is 2.09. The molecule has 1 aromatic rings. The molecule has 0 aliphatic heterocycles. The van der Waals surface area contributed by atoms with E-state index >= 15 is 0 Å². The zero-order valence-electron chi connectivity index (χ0n) is 6.94. The molecule has 0 heterocycles. The number of hydrogen-bond donors (Lipinski definition) is 1. The van der Waals surface area contributed by atoms with E-state index in [1.807, 2.05) is 0 Å². The standard InChI is InChI=1S/C8H7F4NO/c9-4-1-5(10)7(2-6(4)13)14-3-8(11)12/h1-2,8H,3,13H2. The summed E-state index contributed by atoms with van der Waals surface area (Å²) in [6.07, 6.45) is -2.72. The van der Waals surface area contributed by atoms with Crippen LogP contribution < -0.4 is 10.5 Å². The summed E-state index contributed by atoms with van der Waals surface area (Å²) >= 11 is 0. The lowest BCUT2D eigenvalue weighted by atomic mass is 10.3. The third-order valence-electron chi connectivity index (χ3n) is 1.42. The molecule has 0 fully saturated rings. The molecule has 2 nitrogen and oxygen atoms in total. The molecule has 78 valence electrons. The zero-order chi connectivity index (χ0) is 10.7. The normalized spacial score (nSPS) is 10.6. The molecular weight excluding hydrogens is 202 g/mol. The van der Waals surface area contributed by atoms with E-state index in [2.05, 4.69) is 4.74 Å². The second kappa shape index (κ2) is 4.17. The van der Waals surface area contributed by atoms with Gasteiger partial charge in [0.2, 0.25) is 0 Å². The second-order valence-corrected chi connectivity index (χ2v) is 2.51. The minimum atomic E-state index is -2.72. The van der Waals surface area contributed by atoms with Crippen molar-refractivity contribution in [3.05, 3.63) is 23.8 Å². The summed E-state index contributed by atoms with van der Waals surface area (Å²) in [4.78, 5) is 0. The Morgan fingerprint density at radius 3 is 2.43 bits per heavy atom. The number of halogens is 4. The number of rotatable bonds is 3. The molecule has 0 spiro atoms. The van der Waals surface area contributed by atoms with E-state index in [4.69, 9.17) is 5.73 Å². The highest BCUT2D eigenvalue weighted by molar-refractivity contribution is 5.46. The van der Waals surface area contributed by atoms with E-state index in [-0.39, 0.29) is 5.69 Å². The Morgan fingerprint density at radius 1 is 1.21 bits per heavy atom. The highest BCUT2D eigenvalue weighted by atomic mass is 19.3. The Labute approximate surface area is 77.3 Å². The Hall–Kier alpha value is -1.46. The predicted molar refractivity (Wildman–Crippen MR) is 42.3 cm³/mol. The van der Waals surface area contributed by atoms with Gasteiger partial charge in [-0.2, -0.15) is 0 Å². The monoisotopic (exact) mass is 209 g/mol. The van der Waals surface area contributed by atoms with Crippen LogP contribution in [0.25, 0.3) is 0 Å². The van der Waals surface area contributed by atoms with Gasteiger partial charge in [0, 0.05) is 12.1 Å². The summed E-state index contributed by atoms with van der Waals surface area (Å²) in [5.41, 5.74) is 4.74. The third-order valence-corrected chi connectivity index (χ3v) is 1.42. The molecule has 0 aromatic heterocycles. The fraction of sp³-hybridized carbons (Fsp3) is 0.250. The van der Waals surface area contributed by atoms with Crippen LogP contribution in [0.4, 0.5) is 23.2 Å². The molecule has 0 amide bonds. The van der Waals surface area contributed by atoms with Gasteiger partial charge < -0.3 is 10.5 Å². The number of benzene rings is 1.